The zero-order valence-electron chi connectivity index (χ0n) is 12.7. The van der Waals surface area contributed by atoms with Gasteiger partial charge < -0.3 is 10.1 Å². The van der Waals surface area contributed by atoms with Crippen LogP contribution in [0.25, 0.3) is 0 Å². The predicted molar refractivity (Wildman–Crippen MR) is 81.1 cm³/mol. The van der Waals surface area contributed by atoms with Gasteiger partial charge in [-0.1, -0.05) is 6.07 Å². The lowest BCUT2D eigenvalue weighted by atomic mass is 10.1. The van der Waals surface area contributed by atoms with Gasteiger partial charge in [-0.25, -0.2) is 4.98 Å². The summed E-state index contributed by atoms with van der Waals surface area (Å²) in [7, 11) is 0. The van der Waals surface area contributed by atoms with Crippen LogP contribution in [0.15, 0.2) is 18.3 Å². The van der Waals surface area contributed by atoms with Crippen LogP contribution in [-0.2, 0) is 9.53 Å². The van der Waals surface area contributed by atoms with Crippen LogP contribution in [0.3, 0.4) is 0 Å². The van der Waals surface area contributed by atoms with Crippen LogP contribution in [-0.4, -0.2) is 47.6 Å². The SMILES string of the molecule is Cc1ccc(NC[C@@H]2CCN([C@H]3C[C@H](C)OC3=O)C2)nc1. The van der Waals surface area contributed by atoms with Gasteiger partial charge in [0.2, 0.25) is 0 Å². The number of esters is 1. The lowest BCUT2D eigenvalue weighted by molar-refractivity contribution is -0.144. The summed E-state index contributed by atoms with van der Waals surface area (Å²) in [6.07, 6.45) is 3.89. The number of carbonyl (C=O) groups excluding carboxylic acids is 1. The fraction of sp³-hybridized carbons (Fsp3) is 0.625. The van der Waals surface area contributed by atoms with Crippen molar-refractivity contribution in [3.63, 3.8) is 0 Å². The number of anilines is 1. The second-order valence-corrected chi connectivity index (χ2v) is 6.25. The smallest absolute Gasteiger partial charge is 0.323 e. The molecular weight excluding hydrogens is 266 g/mol. The first-order valence-corrected chi connectivity index (χ1v) is 7.73. The molecule has 5 nitrogen and oxygen atoms in total. The van der Waals surface area contributed by atoms with Crippen LogP contribution in [0.5, 0.6) is 0 Å². The summed E-state index contributed by atoms with van der Waals surface area (Å²) >= 11 is 0. The quantitative estimate of drug-likeness (QED) is 0.857. The van der Waals surface area contributed by atoms with Gasteiger partial charge in [0.05, 0.1) is 0 Å². The Balaban J connectivity index is 1.48. The topological polar surface area (TPSA) is 54.5 Å². The molecule has 21 heavy (non-hydrogen) atoms. The standard InChI is InChI=1S/C16H23N3O2/c1-11-3-4-15(17-8-11)18-9-13-5-6-19(10-13)14-7-12(2)21-16(14)20/h3-4,8,12-14H,5-7,9-10H2,1-2H3,(H,17,18)/t12-,13-,14-/m0/s1. The molecule has 2 fully saturated rings. The average molecular weight is 289 g/mol. The first kappa shape index (κ1) is 14.3. The van der Waals surface area contributed by atoms with Crippen LogP contribution in [0, 0.1) is 12.8 Å². The van der Waals surface area contributed by atoms with Crippen LogP contribution < -0.4 is 5.32 Å². The highest BCUT2D eigenvalue weighted by molar-refractivity contribution is 5.78. The number of nitrogens with zero attached hydrogens (tertiary/aromatic N) is 2. The summed E-state index contributed by atoms with van der Waals surface area (Å²) in [6, 6.07) is 4.05. The van der Waals surface area contributed by atoms with Crippen LogP contribution >= 0.6 is 0 Å². The number of rotatable bonds is 4. The molecule has 2 saturated heterocycles. The van der Waals surface area contributed by atoms with Gasteiger partial charge in [0.1, 0.15) is 18.0 Å². The molecule has 0 unspecified atom stereocenters. The molecule has 3 heterocycles. The van der Waals surface area contributed by atoms with E-state index in [9.17, 15) is 4.79 Å². The van der Waals surface area contributed by atoms with E-state index < -0.39 is 0 Å². The van der Waals surface area contributed by atoms with Gasteiger partial charge in [-0.15, -0.1) is 0 Å². The highest BCUT2D eigenvalue weighted by atomic mass is 16.6. The van der Waals surface area contributed by atoms with Crippen molar-refractivity contribution >= 4 is 11.8 Å². The Morgan fingerprint density at radius 1 is 1.48 bits per heavy atom. The van der Waals surface area contributed by atoms with E-state index in [2.05, 4.69) is 21.3 Å². The summed E-state index contributed by atoms with van der Waals surface area (Å²) in [5, 5.41) is 3.39. The molecule has 5 heteroatoms. The van der Waals surface area contributed by atoms with Gasteiger partial charge in [0, 0.05) is 25.7 Å². The lowest BCUT2D eigenvalue weighted by Crippen LogP contribution is -2.37. The van der Waals surface area contributed by atoms with E-state index in [0.29, 0.717) is 5.92 Å². The number of aromatic nitrogens is 1. The molecule has 1 N–H and O–H groups in total. The van der Waals surface area contributed by atoms with E-state index in [4.69, 9.17) is 4.74 Å². The number of pyridine rings is 1. The molecule has 2 aliphatic heterocycles. The van der Waals surface area contributed by atoms with Crippen LogP contribution in [0.2, 0.25) is 0 Å². The van der Waals surface area contributed by atoms with Gasteiger partial charge in [-0.05, 0) is 44.4 Å². The van der Waals surface area contributed by atoms with Gasteiger partial charge in [0.25, 0.3) is 0 Å². The summed E-state index contributed by atoms with van der Waals surface area (Å²) in [5.41, 5.74) is 1.17. The van der Waals surface area contributed by atoms with Gasteiger partial charge in [-0.3, -0.25) is 9.69 Å². The lowest BCUT2D eigenvalue weighted by Gasteiger charge is -2.20. The van der Waals surface area contributed by atoms with Gasteiger partial charge in [0.15, 0.2) is 0 Å². The number of hydrogen-bond donors (Lipinski definition) is 1. The Morgan fingerprint density at radius 3 is 3.00 bits per heavy atom. The molecule has 0 amide bonds. The number of carbonyl (C=O) groups is 1. The molecule has 114 valence electrons. The highest BCUT2D eigenvalue weighted by Gasteiger charge is 2.39. The van der Waals surface area contributed by atoms with Crippen LogP contribution in [0.4, 0.5) is 5.82 Å². The highest BCUT2D eigenvalue weighted by Crippen LogP contribution is 2.26. The van der Waals surface area contributed by atoms with Crippen molar-refractivity contribution in [2.24, 2.45) is 5.92 Å². The zero-order valence-corrected chi connectivity index (χ0v) is 12.7. The van der Waals surface area contributed by atoms with Gasteiger partial charge >= 0.3 is 5.97 Å². The molecule has 2 aliphatic rings. The number of likely N-dealkylation sites (tertiary alicyclic amines) is 1. The molecule has 0 aromatic carbocycles. The Bertz CT molecular complexity index is 503. The monoisotopic (exact) mass is 289 g/mol. The van der Waals surface area contributed by atoms with Crippen molar-refractivity contribution < 1.29 is 9.53 Å². The van der Waals surface area contributed by atoms with Crippen molar-refractivity contribution in [1.82, 2.24) is 9.88 Å². The molecule has 0 saturated carbocycles. The zero-order chi connectivity index (χ0) is 14.8. The third-order valence-corrected chi connectivity index (χ3v) is 4.39. The fourth-order valence-corrected chi connectivity index (χ4v) is 3.17. The average Bonchev–Trinajstić information content (AvgIpc) is 3.04. The van der Waals surface area contributed by atoms with E-state index >= 15 is 0 Å². The second-order valence-electron chi connectivity index (χ2n) is 6.25. The maximum atomic E-state index is 11.8. The minimum absolute atomic E-state index is 0.0255. The summed E-state index contributed by atoms with van der Waals surface area (Å²) in [4.78, 5) is 18.4. The Hall–Kier alpha value is -1.62. The molecule has 0 bridgehead atoms. The maximum absolute atomic E-state index is 11.8. The van der Waals surface area contributed by atoms with Crippen molar-refractivity contribution in [3.8, 4) is 0 Å². The second kappa shape index (κ2) is 6.02. The number of hydrogen-bond acceptors (Lipinski definition) is 5. The minimum atomic E-state index is -0.0451. The Labute approximate surface area is 125 Å². The Morgan fingerprint density at radius 2 is 2.33 bits per heavy atom. The van der Waals surface area contributed by atoms with Crippen molar-refractivity contribution in [1.29, 1.82) is 0 Å². The number of ether oxygens (including phenoxy) is 1. The molecule has 3 atom stereocenters. The minimum Gasteiger partial charge on any atom is -0.461 e. The van der Waals surface area contributed by atoms with E-state index in [1.54, 1.807) is 0 Å². The molecule has 0 spiro atoms. The summed E-state index contributed by atoms with van der Waals surface area (Å²) < 4.78 is 5.26. The van der Waals surface area contributed by atoms with E-state index in [0.717, 1.165) is 38.3 Å². The third kappa shape index (κ3) is 3.35. The largest absolute Gasteiger partial charge is 0.461 e. The van der Waals surface area contributed by atoms with E-state index in [1.807, 2.05) is 26.1 Å². The first-order chi connectivity index (χ1) is 10.1. The summed E-state index contributed by atoms with van der Waals surface area (Å²) in [6.45, 7) is 6.86. The predicted octanol–water partition coefficient (Wildman–Crippen LogP) is 1.83. The molecule has 1 aromatic rings. The van der Waals surface area contributed by atoms with Gasteiger partial charge in [-0.2, -0.15) is 0 Å². The molecule has 0 radical (unpaired) electrons. The molecular formula is C16H23N3O2. The van der Waals surface area contributed by atoms with Crippen molar-refractivity contribution in [2.75, 3.05) is 25.0 Å². The van der Waals surface area contributed by atoms with E-state index in [1.165, 1.54) is 5.56 Å². The molecule has 1 aromatic heterocycles. The normalized spacial score (nSPS) is 29.6. The molecule has 3 rings (SSSR count). The van der Waals surface area contributed by atoms with Crippen molar-refractivity contribution in [2.45, 2.75) is 38.8 Å². The Kier molecular flexibility index (Phi) is 4.10. The number of nitrogens with one attached hydrogen (secondary N) is 1. The van der Waals surface area contributed by atoms with Crippen LogP contribution in [0.1, 0.15) is 25.3 Å². The number of cyclic esters (lactones) is 1. The first-order valence-electron chi connectivity index (χ1n) is 7.73. The number of aryl methyl sites for hydroxylation is 1. The van der Waals surface area contributed by atoms with E-state index in [-0.39, 0.29) is 18.1 Å². The maximum Gasteiger partial charge on any atom is 0.323 e. The van der Waals surface area contributed by atoms with Crippen molar-refractivity contribution in [3.05, 3.63) is 23.9 Å². The third-order valence-electron chi connectivity index (χ3n) is 4.39. The summed E-state index contributed by atoms with van der Waals surface area (Å²) in [5.74, 6) is 1.45. The fourth-order valence-electron chi connectivity index (χ4n) is 3.17. The molecule has 0 aliphatic carbocycles.